The van der Waals surface area contributed by atoms with Crippen molar-refractivity contribution in [2.24, 2.45) is 11.8 Å². The van der Waals surface area contributed by atoms with E-state index < -0.39 is 0 Å². The Kier molecular flexibility index (Phi) is 5.28. The second-order valence-corrected chi connectivity index (χ2v) is 6.92. The number of nitrogens with zero attached hydrogens (tertiary/aromatic N) is 1. The summed E-state index contributed by atoms with van der Waals surface area (Å²) in [5.74, 6) is 1.73. The fraction of sp³-hybridized carbons (Fsp3) is 0.625. The monoisotopic (exact) mass is 324 g/mol. The molecule has 106 valence electrons. The first-order valence-corrected chi connectivity index (χ1v) is 8.12. The van der Waals surface area contributed by atoms with Crippen molar-refractivity contribution in [1.29, 1.82) is 0 Å². The van der Waals surface area contributed by atoms with Gasteiger partial charge in [-0.2, -0.15) is 0 Å². The van der Waals surface area contributed by atoms with Crippen molar-refractivity contribution in [3.05, 3.63) is 28.2 Å². The van der Waals surface area contributed by atoms with Crippen molar-refractivity contribution >= 4 is 21.6 Å². The van der Waals surface area contributed by atoms with Crippen molar-refractivity contribution in [3.8, 4) is 0 Å². The average molecular weight is 325 g/mol. The van der Waals surface area contributed by atoms with Crippen LogP contribution in [0.15, 0.2) is 22.7 Å². The van der Waals surface area contributed by atoms with Crippen LogP contribution in [-0.4, -0.2) is 18.0 Å². The van der Waals surface area contributed by atoms with E-state index in [2.05, 4.69) is 40.7 Å². The van der Waals surface area contributed by atoms with E-state index in [1.54, 1.807) is 0 Å². The number of anilines is 1. The van der Waals surface area contributed by atoms with Crippen LogP contribution in [0.25, 0.3) is 0 Å². The minimum Gasteiger partial charge on any atom is -0.399 e. The Hall–Kier alpha value is -0.540. The molecule has 0 amide bonds. The van der Waals surface area contributed by atoms with Crippen LogP contribution in [0.3, 0.4) is 0 Å². The van der Waals surface area contributed by atoms with E-state index in [1.165, 1.54) is 37.9 Å². The number of benzene rings is 1. The van der Waals surface area contributed by atoms with Gasteiger partial charge in [-0.3, -0.25) is 4.90 Å². The molecule has 1 aliphatic heterocycles. The van der Waals surface area contributed by atoms with Crippen LogP contribution in [0.2, 0.25) is 0 Å². The average Bonchev–Trinajstić information content (AvgIpc) is 2.58. The van der Waals surface area contributed by atoms with Crippen LogP contribution in [0.1, 0.15) is 38.7 Å². The summed E-state index contributed by atoms with van der Waals surface area (Å²) in [5, 5.41) is 0. The Morgan fingerprint density at radius 1 is 1.32 bits per heavy atom. The third-order valence-corrected chi connectivity index (χ3v) is 5.02. The van der Waals surface area contributed by atoms with Gasteiger partial charge in [0.25, 0.3) is 0 Å². The van der Waals surface area contributed by atoms with Gasteiger partial charge in [0.15, 0.2) is 0 Å². The lowest BCUT2D eigenvalue weighted by Crippen LogP contribution is -2.24. The third kappa shape index (κ3) is 4.22. The van der Waals surface area contributed by atoms with Crippen molar-refractivity contribution in [1.82, 2.24) is 4.90 Å². The Morgan fingerprint density at radius 2 is 2.11 bits per heavy atom. The maximum atomic E-state index is 5.79. The van der Waals surface area contributed by atoms with E-state index in [-0.39, 0.29) is 0 Å². The van der Waals surface area contributed by atoms with Crippen LogP contribution in [-0.2, 0) is 6.54 Å². The number of nitrogen functional groups attached to an aromatic ring is 1. The summed E-state index contributed by atoms with van der Waals surface area (Å²) < 4.78 is 1.14. The van der Waals surface area contributed by atoms with Gasteiger partial charge >= 0.3 is 0 Å². The number of hydrogen-bond acceptors (Lipinski definition) is 2. The molecule has 1 aromatic rings. The number of halogens is 1. The molecule has 19 heavy (non-hydrogen) atoms. The molecule has 1 aliphatic rings. The molecule has 2 nitrogen and oxygen atoms in total. The molecule has 3 heteroatoms. The lowest BCUT2D eigenvalue weighted by Gasteiger charge is -2.22. The van der Waals surface area contributed by atoms with E-state index in [1.807, 2.05) is 12.1 Å². The highest BCUT2D eigenvalue weighted by molar-refractivity contribution is 9.10. The molecule has 0 saturated carbocycles. The van der Waals surface area contributed by atoms with Gasteiger partial charge in [0.1, 0.15) is 0 Å². The molecule has 0 aromatic heterocycles. The van der Waals surface area contributed by atoms with Crippen LogP contribution in [0.4, 0.5) is 5.69 Å². The lowest BCUT2D eigenvalue weighted by atomic mass is 9.89. The molecule has 0 spiro atoms. The quantitative estimate of drug-likeness (QED) is 0.840. The summed E-state index contributed by atoms with van der Waals surface area (Å²) in [4.78, 5) is 2.58. The van der Waals surface area contributed by atoms with E-state index in [0.29, 0.717) is 0 Å². The second kappa shape index (κ2) is 6.76. The Bertz CT molecular complexity index is 417. The molecule has 0 bridgehead atoms. The molecule has 1 saturated heterocycles. The molecule has 1 fully saturated rings. The van der Waals surface area contributed by atoms with Crippen LogP contribution in [0, 0.1) is 11.8 Å². The topological polar surface area (TPSA) is 29.3 Å². The number of nitrogens with two attached hydrogens (primary N) is 1. The molecule has 2 N–H and O–H groups in total. The summed E-state index contributed by atoms with van der Waals surface area (Å²) in [6.45, 7) is 8.19. The molecule has 0 aliphatic carbocycles. The smallest absolute Gasteiger partial charge is 0.0325 e. The molecule has 2 rings (SSSR count). The van der Waals surface area contributed by atoms with Gasteiger partial charge in [0, 0.05) is 16.7 Å². The van der Waals surface area contributed by atoms with Crippen molar-refractivity contribution in [2.75, 3.05) is 18.8 Å². The van der Waals surface area contributed by atoms with Crippen molar-refractivity contribution in [3.63, 3.8) is 0 Å². The van der Waals surface area contributed by atoms with Crippen LogP contribution in [0.5, 0.6) is 0 Å². The SMILES string of the molecule is CC(C)C1CCCN(Cc2ccc(N)cc2Br)CC1. The van der Waals surface area contributed by atoms with E-state index in [4.69, 9.17) is 5.73 Å². The highest BCUT2D eigenvalue weighted by atomic mass is 79.9. The summed E-state index contributed by atoms with van der Waals surface area (Å²) >= 11 is 3.62. The first-order chi connectivity index (χ1) is 9.06. The highest BCUT2D eigenvalue weighted by Crippen LogP contribution is 2.27. The first kappa shape index (κ1) is 14.9. The Balaban J connectivity index is 1.96. The minimum atomic E-state index is 0.822. The number of rotatable bonds is 3. The van der Waals surface area contributed by atoms with Crippen LogP contribution < -0.4 is 5.73 Å². The molecule has 1 heterocycles. The van der Waals surface area contributed by atoms with Gasteiger partial charge < -0.3 is 5.73 Å². The van der Waals surface area contributed by atoms with Gasteiger partial charge in [-0.1, -0.05) is 35.8 Å². The zero-order valence-corrected chi connectivity index (χ0v) is 13.6. The molecule has 1 unspecified atom stereocenters. The van der Waals surface area contributed by atoms with Gasteiger partial charge in [0.05, 0.1) is 0 Å². The summed E-state index contributed by atoms with van der Waals surface area (Å²) in [5.41, 5.74) is 7.96. The summed E-state index contributed by atoms with van der Waals surface area (Å²) in [6.07, 6.45) is 4.05. The van der Waals surface area contributed by atoms with E-state index >= 15 is 0 Å². The number of likely N-dealkylation sites (tertiary alicyclic amines) is 1. The van der Waals surface area contributed by atoms with E-state index in [0.717, 1.165) is 28.5 Å². The minimum absolute atomic E-state index is 0.822. The zero-order chi connectivity index (χ0) is 13.8. The van der Waals surface area contributed by atoms with Gasteiger partial charge in [-0.25, -0.2) is 0 Å². The summed E-state index contributed by atoms with van der Waals surface area (Å²) in [7, 11) is 0. The fourth-order valence-electron chi connectivity index (χ4n) is 2.94. The van der Waals surface area contributed by atoms with Gasteiger partial charge in [-0.15, -0.1) is 0 Å². The molecular weight excluding hydrogens is 300 g/mol. The maximum absolute atomic E-state index is 5.79. The fourth-order valence-corrected chi connectivity index (χ4v) is 3.46. The van der Waals surface area contributed by atoms with E-state index in [9.17, 15) is 0 Å². The second-order valence-electron chi connectivity index (χ2n) is 6.06. The zero-order valence-electron chi connectivity index (χ0n) is 12.0. The Labute approximate surface area is 125 Å². The predicted octanol–water partition coefficient (Wildman–Crippen LogP) is 4.29. The molecular formula is C16H25BrN2. The summed E-state index contributed by atoms with van der Waals surface area (Å²) in [6, 6.07) is 6.14. The third-order valence-electron chi connectivity index (χ3n) is 4.28. The standard InChI is InChI=1S/C16H25BrN2/c1-12(2)13-4-3-8-19(9-7-13)11-14-5-6-15(18)10-16(14)17/h5-6,10,12-13H,3-4,7-9,11,18H2,1-2H3. The molecule has 0 radical (unpaired) electrons. The Morgan fingerprint density at radius 3 is 2.79 bits per heavy atom. The van der Waals surface area contributed by atoms with Gasteiger partial charge in [-0.05, 0) is 61.9 Å². The highest BCUT2D eigenvalue weighted by Gasteiger charge is 2.19. The van der Waals surface area contributed by atoms with Crippen molar-refractivity contribution < 1.29 is 0 Å². The van der Waals surface area contributed by atoms with Gasteiger partial charge in [0.2, 0.25) is 0 Å². The lowest BCUT2D eigenvalue weighted by molar-refractivity contribution is 0.264. The normalized spacial score (nSPS) is 21.6. The molecule has 1 aromatic carbocycles. The molecule has 1 atom stereocenters. The van der Waals surface area contributed by atoms with Crippen LogP contribution >= 0.6 is 15.9 Å². The maximum Gasteiger partial charge on any atom is 0.0325 e. The predicted molar refractivity (Wildman–Crippen MR) is 86.0 cm³/mol. The van der Waals surface area contributed by atoms with Crippen molar-refractivity contribution in [2.45, 2.75) is 39.7 Å². The largest absolute Gasteiger partial charge is 0.399 e. The number of hydrogen-bond donors (Lipinski definition) is 1. The first-order valence-electron chi connectivity index (χ1n) is 7.32.